The van der Waals surface area contributed by atoms with Crippen molar-refractivity contribution >= 4 is 34.7 Å². The summed E-state index contributed by atoms with van der Waals surface area (Å²) in [7, 11) is 0. The highest BCUT2D eigenvalue weighted by Gasteiger charge is 2.36. The minimum atomic E-state index is -1.16. The third-order valence-electron chi connectivity index (χ3n) is 6.26. The van der Waals surface area contributed by atoms with Gasteiger partial charge in [-0.25, -0.2) is 9.79 Å². The first-order chi connectivity index (χ1) is 17.1. The van der Waals surface area contributed by atoms with E-state index >= 15 is 0 Å². The number of β-amino-alcohol motifs (C(OH)–C–C–N with tert-alkyl or cyclic N) is 1. The summed E-state index contributed by atoms with van der Waals surface area (Å²) in [5.74, 6) is -0.404. The molecule has 8 heteroatoms. The van der Waals surface area contributed by atoms with Gasteiger partial charge >= 0.3 is 6.03 Å². The number of aliphatic hydroxyl groups is 1. The van der Waals surface area contributed by atoms with E-state index in [1.807, 2.05) is 93.7 Å². The second-order valence-electron chi connectivity index (χ2n) is 9.95. The molecule has 0 radical (unpaired) electrons. The molecular formula is C28H32N4O3S. The van der Waals surface area contributed by atoms with E-state index in [9.17, 15) is 14.7 Å². The number of thiophene rings is 1. The van der Waals surface area contributed by atoms with Crippen LogP contribution in [0.25, 0.3) is 0 Å². The van der Waals surface area contributed by atoms with Crippen molar-refractivity contribution in [2.75, 3.05) is 11.4 Å². The Bertz CT molecular complexity index is 1260. The summed E-state index contributed by atoms with van der Waals surface area (Å²) in [5, 5.41) is 18.5. The van der Waals surface area contributed by atoms with Crippen molar-refractivity contribution in [3.05, 3.63) is 87.6 Å². The molecule has 0 aliphatic carbocycles. The molecule has 36 heavy (non-hydrogen) atoms. The summed E-state index contributed by atoms with van der Waals surface area (Å²) in [6.45, 7) is 8.20. The molecule has 0 unspecified atom stereocenters. The summed E-state index contributed by atoms with van der Waals surface area (Å²) in [6, 6.07) is 18.6. The molecule has 2 atom stereocenters. The van der Waals surface area contributed by atoms with E-state index in [1.54, 1.807) is 16.2 Å². The lowest BCUT2D eigenvalue weighted by molar-refractivity contribution is -0.120. The summed E-state index contributed by atoms with van der Waals surface area (Å²) in [5.41, 5.74) is 3.50. The van der Waals surface area contributed by atoms with Gasteiger partial charge in [0.05, 0.1) is 30.6 Å². The van der Waals surface area contributed by atoms with E-state index in [0.29, 0.717) is 17.9 Å². The number of nitrogens with one attached hydrogen (secondary N) is 2. The molecule has 2 heterocycles. The van der Waals surface area contributed by atoms with Crippen LogP contribution in [-0.2, 0) is 11.3 Å². The zero-order valence-electron chi connectivity index (χ0n) is 21.0. The Morgan fingerprint density at radius 3 is 2.47 bits per heavy atom. The van der Waals surface area contributed by atoms with Crippen LogP contribution in [-0.4, -0.2) is 41.6 Å². The van der Waals surface area contributed by atoms with Crippen LogP contribution >= 0.6 is 11.3 Å². The van der Waals surface area contributed by atoms with Gasteiger partial charge in [-0.2, -0.15) is 0 Å². The fraction of sp³-hybridized carbons (Fsp3) is 0.321. The highest BCUT2D eigenvalue weighted by atomic mass is 32.1. The van der Waals surface area contributed by atoms with Crippen LogP contribution in [0, 0.1) is 12.3 Å². The Balaban J connectivity index is 1.70. The minimum Gasteiger partial charge on any atom is -0.391 e. The maximum absolute atomic E-state index is 13.8. The lowest BCUT2D eigenvalue weighted by Crippen LogP contribution is -2.52. The Labute approximate surface area is 215 Å². The minimum absolute atomic E-state index is 0.0745. The predicted molar refractivity (Wildman–Crippen MR) is 145 cm³/mol. The lowest BCUT2D eigenvalue weighted by atomic mass is 9.88. The molecule has 0 bridgehead atoms. The van der Waals surface area contributed by atoms with Gasteiger partial charge in [-0.1, -0.05) is 69.3 Å². The Hall–Kier alpha value is -3.49. The number of amides is 3. The number of fused-ring (bicyclic) bond motifs is 1. The number of hydrogen-bond acceptors (Lipinski definition) is 5. The SMILES string of the molecule is Cc1ccsc1CNC(=O)N[C@@H]1N=C(c2ccccc2)c2ccccc2N(C[C@H](O)C(C)(C)C)C1=O. The van der Waals surface area contributed by atoms with Gasteiger partial charge in [0.15, 0.2) is 0 Å². The Morgan fingerprint density at radius 1 is 1.11 bits per heavy atom. The van der Waals surface area contributed by atoms with Gasteiger partial charge in [0.2, 0.25) is 6.17 Å². The van der Waals surface area contributed by atoms with E-state index < -0.39 is 29.6 Å². The van der Waals surface area contributed by atoms with Gasteiger partial charge in [-0.3, -0.25) is 4.79 Å². The first kappa shape index (κ1) is 25.6. The molecule has 0 saturated heterocycles. The fourth-order valence-corrected chi connectivity index (χ4v) is 4.75. The zero-order chi connectivity index (χ0) is 25.9. The van der Waals surface area contributed by atoms with Crippen LogP contribution in [0.2, 0.25) is 0 Å². The van der Waals surface area contributed by atoms with Crippen LogP contribution in [0.4, 0.5) is 10.5 Å². The van der Waals surface area contributed by atoms with Crippen LogP contribution in [0.1, 0.15) is 42.3 Å². The smallest absolute Gasteiger partial charge is 0.317 e. The number of benzodiazepines with no additional fused rings is 1. The summed E-state index contributed by atoms with van der Waals surface area (Å²) in [6.07, 6.45) is -1.95. The van der Waals surface area contributed by atoms with Gasteiger partial charge in [-0.15, -0.1) is 11.3 Å². The molecule has 4 rings (SSSR count). The van der Waals surface area contributed by atoms with Crippen molar-refractivity contribution in [1.29, 1.82) is 0 Å². The van der Waals surface area contributed by atoms with E-state index in [4.69, 9.17) is 4.99 Å². The van der Waals surface area contributed by atoms with Crippen molar-refractivity contribution in [2.24, 2.45) is 10.4 Å². The standard InChI is InChI=1S/C28H32N4O3S/c1-18-14-15-36-22(18)16-29-27(35)31-25-26(34)32(17-23(33)28(2,3)4)21-13-9-8-12-20(21)24(30-25)19-10-6-5-7-11-19/h5-15,23,25,33H,16-17H2,1-4H3,(H2,29,31,35)/t23-,25-/m0/s1. The number of aliphatic hydroxyl groups excluding tert-OH is 1. The quantitative estimate of drug-likeness (QED) is 0.462. The Kier molecular flexibility index (Phi) is 7.56. The van der Waals surface area contributed by atoms with E-state index in [2.05, 4.69) is 10.6 Å². The number of benzene rings is 2. The number of para-hydroxylation sites is 1. The largest absolute Gasteiger partial charge is 0.391 e. The van der Waals surface area contributed by atoms with Crippen molar-refractivity contribution in [2.45, 2.75) is 46.5 Å². The molecule has 3 aromatic rings. The number of hydrogen-bond donors (Lipinski definition) is 3. The van der Waals surface area contributed by atoms with Crippen molar-refractivity contribution in [1.82, 2.24) is 10.6 Å². The average Bonchev–Trinajstić information content (AvgIpc) is 3.23. The normalized spacial score (nSPS) is 16.6. The molecular weight excluding hydrogens is 472 g/mol. The van der Waals surface area contributed by atoms with Gasteiger partial charge in [0.25, 0.3) is 5.91 Å². The number of aliphatic imine (C=N–C) groups is 1. The molecule has 2 aromatic carbocycles. The summed E-state index contributed by atoms with van der Waals surface area (Å²) < 4.78 is 0. The highest BCUT2D eigenvalue weighted by molar-refractivity contribution is 7.10. The number of urea groups is 1. The molecule has 1 aromatic heterocycles. The molecule has 0 spiro atoms. The van der Waals surface area contributed by atoms with Crippen LogP contribution in [0.15, 0.2) is 71.0 Å². The maximum atomic E-state index is 13.8. The molecule has 3 amide bonds. The maximum Gasteiger partial charge on any atom is 0.317 e. The number of carbonyl (C=O) groups is 2. The zero-order valence-corrected chi connectivity index (χ0v) is 21.8. The number of rotatable bonds is 6. The van der Waals surface area contributed by atoms with E-state index in [0.717, 1.165) is 21.6 Å². The van der Waals surface area contributed by atoms with Crippen LogP contribution < -0.4 is 15.5 Å². The van der Waals surface area contributed by atoms with Crippen molar-refractivity contribution in [3.8, 4) is 0 Å². The van der Waals surface area contributed by atoms with Gasteiger partial charge in [-0.05, 0) is 35.4 Å². The Morgan fingerprint density at radius 2 is 1.81 bits per heavy atom. The van der Waals surface area contributed by atoms with Gasteiger partial charge < -0.3 is 20.6 Å². The molecule has 0 fully saturated rings. The third kappa shape index (κ3) is 5.66. The van der Waals surface area contributed by atoms with Gasteiger partial charge in [0, 0.05) is 16.0 Å². The molecule has 1 aliphatic rings. The van der Waals surface area contributed by atoms with Crippen LogP contribution in [0.3, 0.4) is 0 Å². The number of carbonyl (C=O) groups excluding carboxylic acids is 2. The molecule has 188 valence electrons. The van der Waals surface area contributed by atoms with Gasteiger partial charge in [0.1, 0.15) is 0 Å². The molecule has 1 aliphatic heterocycles. The van der Waals surface area contributed by atoms with E-state index in [-0.39, 0.29) is 6.54 Å². The topological polar surface area (TPSA) is 94.0 Å². The molecule has 7 nitrogen and oxygen atoms in total. The van der Waals surface area contributed by atoms with E-state index in [1.165, 1.54) is 0 Å². The molecule has 3 N–H and O–H groups in total. The van der Waals surface area contributed by atoms with Crippen molar-refractivity contribution in [3.63, 3.8) is 0 Å². The highest BCUT2D eigenvalue weighted by Crippen LogP contribution is 2.30. The number of anilines is 1. The first-order valence-electron chi connectivity index (χ1n) is 11.9. The number of nitrogens with zero attached hydrogens (tertiary/aromatic N) is 2. The van der Waals surface area contributed by atoms with Crippen molar-refractivity contribution < 1.29 is 14.7 Å². The predicted octanol–water partition coefficient (Wildman–Crippen LogP) is 4.47. The average molecular weight is 505 g/mol. The summed E-state index contributed by atoms with van der Waals surface area (Å²) >= 11 is 1.57. The fourth-order valence-electron chi connectivity index (χ4n) is 3.91. The second kappa shape index (κ2) is 10.6. The monoisotopic (exact) mass is 504 g/mol. The molecule has 0 saturated carbocycles. The number of aryl methyl sites for hydroxylation is 1. The second-order valence-corrected chi connectivity index (χ2v) is 10.9. The third-order valence-corrected chi connectivity index (χ3v) is 7.28. The lowest BCUT2D eigenvalue weighted by Gasteiger charge is -2.33. The first-order valence-corrected chi connectivity index (χ1v) is 12.8. The van der Waals surface area contributed by atoms with Crippen LogP contribution in [0.5, 0.6) is 0 Å². The summed E-state index contributed by atoms with van der Waals surface area (Å²) in [4.78, 5) is 34.1.